The number of fused-ring (bicyclic) bond motifs is 1. The highest BCUT2D eigenvalue weighted by molar-refractivity contribution is 7.03. The number of para-hydroxylation sites is 1. The fraction of sp³-hybridized carbons (Fsp3) is 0.235. The highest BCUT2D eigenvalue weighted by Crippen LogP contribution is 2.17. The minimum Gasteiger partial charge on any atom is -0.331 e. The lowest BCUT2D eigenvalue weighted by atomic mass is 10.3. The first-order chi connectivity index (χ1) is 12.7. The number of benzene rings is 1. The Bertz CT molecular complexity index is 922. The number of aromatic nitrogens is 4. The molecule has 2 aromatic heterocycles. The standard InChI is InChI=1S/C17H16N6O2S/c24-16(18-12-5-2-1-3-6-12)14-9-13-10-22(7-4-8-23(13)20-14)17(25)15-11-26-21-19-15/h1-3,5-6,9,11H,4,7-8,10H2,(H,18,24). The van der Waals surface area contributed by atoms with Gasteiger partial charge in [0.1, 0.15) is 0 Å². The van der Waals surface area contributed by atoms with E-state index in [0.717, 1.165) is 23.6 Å². The van der Waals surface area contributed by atoms with Gasteiger partial charge in [-0.25, -0.2) is 0 Å². The molecule has 0 aliphatic carbocycles. The maximum atomic E-state index is 12.5. The molecule has 1 aromatic carbocycles. The van der Waals surface area contributed by atoms with Gasteiger partial charge >= 0.3 is 0 Å². The quantitative estimate of drug-likeness (QED) is 0.764. The third-order valence-electron chi connectivity index (χ3n) is 4.14. The molecule has 4 rings (SSSR count). The van der Waals surface area contributed by atoms with E-state index in [0.29, 0.717) is 36.7 Å². The van der Waals surface area contributed by atoms with E-state index >= 15 is 0 Å². The predicted octanol–water partition coefficient (Wildman–Crippen LogP) is 2.03. The number of hydrogen-bond acceptors (Lipinski definition) is 6. The first-order valence-electron chi connectivity index (χ1n) is 8.20. The normalized spacial score (nSPS) is 13.8. The van der Waals surface area contributed by atoms with Crippen LogP contribution in [0.25, 0.3) is 0 Å². The summed E-state index contributed by atoms with van der Waals surface area (Å²) in [5.74, 6) is -0.415. The number of carbonyl (C=O) groups is 2. The Balaban J connectivity index is 1.52. The molecule has 3 aromatic rings. The summed E-state index contributed by atoms with van der Waals surface area (Å²) in [6, 6.07) is 11.0. The van der Waals surface area contributed by atoms with Crippen LogP contribution in [0.4, 0.5) is 5.69 Å². The zero-order valence-electron chi connectivity index (χ0n) is 13.8. The first-order valence-corrected chi connectivity index (χ1v) is 9.04. The van der Waals surface area contributed by atoms with E-state index in [9.17, 15) is 9.59 Å². The molecule has 26 heavy (non-hydrogen) atoms. The highest BCUT2D eigenvalue weighted by Gasteiger charge is 2.24. The van der Waals surface area contributed by atoms with Crippen molar-refractivity contribution < 1.29 is 9.59 Å². The zero-order chi connectivity index (χ0) is 17.9. The molecule has 0 saturated heterocycles. The molecule has 1 aliphatic rings. The lowest BCUT2D eigenvalue weighted by molar-refractivity contribution is 0.0739. The number of carbonyl (C=O) groups excluding carboxylic acids is 2. The summed E-state index contributed by atoms with van der Waals surface area (Å²) in [7, 11) is 0. The fourth-order valence-corrected chi connectivity index (χ4v) is 3.31. The Morgan fingerprint density at radius 3 is 2.73 bits per heavy atom. The Hall–Kier alpha value is -3.07. The van der Waals surface area contributed by atoms with E-state index in [4.69, 9.17) is 0 Å². The van der Waals surface area contributed by atoms with Gasteiger partial charge in [0.15, 0.2) is 11.4 Å². The van der Waals surface area contributed by atoms with Gasteiger partial charge in [-0.2, -0.15) is 5.10 Å². The average molecular weight is 368 g/mol. The van der Waals surface area contributed by atoms with Crippen LogP contribution in [0.1, 0.15) is 33.1 Å². The molecular weight excluding hydrogens is 352 g/mol. The van der Waals surface area contributed by atoms with Gasteiger partial charge in [0, 0.05) is 24.2 Å². The highest BCUT2D eigenvalue weighted by atomic mass is 32.1. The van der Waals surface area contributed by atoms with Crippen molar-refractivity contribution in [3.05, 3.63) is 58.9 Å². The number of hydrogen-bond donors (Lipinski definition) is 1. The van der Waals surface area contributed by atoms with Crippen molar-refractivity contribution in [2.45, 2.75) is 19.5 Å². The van der Waals surface area contributed by atoms with Crippen molar-refractivity contribution in [1.82, 2.24) is 24.3 Å². The van der Waals surface area contributed by atoms with E-state index in [-0.39, 0.29) is 11.8 Å². The maximum Gasteiger partial charge on any atom is 0.276 e. The summed E-state index contributed by atoms with van der Waals surface area (Å²) in [4.78, 5) is 26.7. The molecule has 2 amide bonds. The maximum absolute atomic E-state index is 12.5. The molecule has 1 N–H and O–H groups in total. The van der Waals surface area contributed by atoms with Crippen LogP contribution in [-0.2, 0) is 13.1 Å². The molecule has 0 radical (unpaired) electrons. The average Bonchev–Trinajstić information content (AvgIpc) is 3.28. The van der Waals surface area contributed by atoms with Crippen molar-refractivity contribution in [2.75, 3.05) is 11.9 Å². The summed E-state index contributed by atoms with van der Waals surface area (Å²) in [5, 5.41) is 12.7. The van der Waals surface area contributed by atoms with Gasteiger partial charge in [-0.15, -0.1) is 5.10 Å². The number of nitrogens with zero attached hydrogens (tertiary/aromatic N) is 5. The van der Waals surface area contributed by atoms with Gasteiger partial charge in [-0.3, -0.25) is 14.3 Å². The van der Waals surface area contributed by atoms with Gasteiger partial charge in [0.2, 0.25) is 0 Å². The monoisotopic (exact) mass is 368 g/mol. The van der Waals surface area contributed by atoms with E-state index in [1.165, 1.54) is 0 Å². The van der Waals surface area contributed by atoms with Crippen LogP contribution >= 0.6 is 11.5 Å². The number of aryl methyl sites for hydroxylation is 1. The van der Waals surface area contributed by atoms with Crippen LogP contribution in [0.2, 0.25) is 0 Å². The summed E-state index contributed by atoms with van der Waals surface area (Å²) in [6.45, 7) is 1.67. The van der Waals surface area contributed by atoms with E-state index in [1.54, 1.807) is 21.0 Å². The van der Waals surface area contributed by atoms with Crippen LogP contribution in [0.15, 0.2) is 41.8 Å². The fourth-order valence-electron chi connectivity index (χ4n) is 2.88. The van der Waals surface area contributed by atoms with Crippen LogP contribution < -0.4 is 5.32 Å². The third kappa shape index (κ3) is 3.33. The lowest BCUT2D eigenvalue weighted by Crippen LogP contribution is -2.31. The van der Waals surface area contributed by atoms with Crippen LogP contribution in [0.5, 0.6) is 0 Å². The molecule has 0 bridgehead atoms. The second-order valence-electron chi connectivity index (χ2n) is 5.93. The Morgan fingerprint density at radius 2 is 1.96 bits per heavy atom. The molecule has 0 saturated carbocycles. The van der Waals surface area contributed by atoms with Crippen molar-refractivity contribution >= 4 is 29.0 Å². The third-order valence-corrected chi connectivity index (χ3v) is 4.65. The van der Waals surface area contributed by atoms with E-state index in [1.807, 2.05) is 30.3 Å². The molecule has 9 heteroatoms. The minimum atomic E-state index is -0.265. The molecule has 0 atom stereocenters. The Labute approximate surface area is 153 Å². The summed E-state index contributed by atoms with van der Waals surface area (Å²) in [5.41, 5.74) is 2.24. The number of amides is 2. The molecule has 0 spiro atoms. The smallest absolute Gasteiger partial charge is 0.276 e. The van der Waals surface area contributed by atoms with Gasteiger partial charge in [-0.05, 0) is 36.2 Å². The van der Waals surface area contributed by atoms with Crippen molar-refractivity contribution in [3.8, 4) is 0 Å². The van der Waals surface area contributed by atoms with Gasteiger partial charge in [0.05, 0.1) is 12.2 Å². The zero-order valence-corrected chi connectivity index (χ0v) is 14.6. The lowest BCUT2D eigenvalue weighted by Gasteiger charge is -2.18. The van der Waals surface area contributed by atoms with Crippen LogP contribution in [-0.4, -0.2) is 42.6 Å². The van der Waals surface area contributed by atoms with E-state index in [2.05, 4.69) is 20.0 Å². The van der Waals surface area contributed by atoms with Crippen molar-refractivity contribution in [3.63, 3.8) is 0 Å². The van der Waals surface area contributed by atoms with Crippen molar-refractivity contribution in [2.24, 2.45) is 0 Å². The Morgan fingerprint density at radius 1 is 1.12 bits per heavy atom. The number of rotatable bonds is 3. The van der Waals surface area contributed by atoms with E-state index < -0.39 is 0 Å². The summed E-state index contributed by atoms with van der Waals surface area (Å²) < 4.78 is 5.54. The van der Waals surface area contributed by atoms with Crippen LogP contribution in [0, 0.1) is 0 Å². The molecule has 132 valence electrons. The summed E-state index contributed by atoms with van der Waals surface area (Å²) in [6.07, 6.45) is 0.762. The number of nitrogens with one attached hydrogen (secondary N) is 1. The minimum absolute atomic E-state index is 0.149. The van der Waals surface area contributed by atoms with Gasteiger partial charge in [0.25, 0.3) is 11.8 Å². The summed E-state index contributed by atoms with van der Waals surface area (Å²) >= 11 is 1.15. The largest absolute Gasteiger partial charge is 0.331 e. The first kappa shape index (κ1) is 16.4. The molecule has 0 unspecified atom stereocenters. The second kappa shape index (κ2) is 7.04. The predicted molar refractivity (Wildman–Crippen MR) is 95.9 cm³/mol. The molecule has 1 aliphatic heterocycles. The molecule has 0 fully saturated rings. The number of anilines is 1. The van der Waals surface area contributed by atoms with Gasteiger partial charge < -0.3 is 10.2 Å². The molecule has 8 nitrogen and oxygen atoms in total. The van der Waals surface area contributed by atoms with Gasteiger partial charge in [-0.1, -0.05) is 22.7 Å². The molecular formula is C17H16N6O2S. The SMILES string of the molecule is O=C(Nc1ccccc1)c1cc2n(n1)CCCN(C(=O)c1csnn1)C2. The topological polar surface area (TPSA) is 93.0 Å². The second-order valence-corrected chi connectivity index (χ2v) is 6.54. The molecule has 3 heterocycles. The van der Waals surface area contributed by atoms with Crippen molar-refractivity contribution in [1.29, 1.82) is 0 Å². The Kier molecular flexibility index (Phi) is 4.44. The van der Waals surface area contributed by atoms with Crippen LogP contribution in [0.3, 0.4) is 0 Å².